The van der Waals surface area contributed by atoms with Crippen LogP contribution in [0, 0.1) is 13.8 Å². The van der Waals surface area contributed by atoms with Crippen molar-refractivity contribution in [3.63, 3.8) is 0 Å². The van der Waals surface area contributed by atoms with E-state index in [-0.39, 0.29) is 5.91 Å². The zero-order chi connectivity index (χ0) is 21.8. The molecule has 1 heterocycles. The first kappa shape index (κ1) is 22.1. The zero-order valence-electron chi connectivity index (χ0n) is 16.5. The highest BCUT2D eigenvalue weighted by molar-refractivity contribution is 8.02. The summed E-state index contributed by atoms with van der Waals surface area (Å²) in [5.41, 5.74) is 9.08. The third-order valence-electron chi connectivity index (χ3n) is 4.15. The Hall–Kier alpha value is -2.62. The van der Waals surface area contributed by atoms with Crippen LogP contribution < -0.4 is 16.4 Å². The molecule has 0 saturated heterocycles. The predicted octanol–water partition coefficient (Wildman–Crippen LogP) is 4.77. The second-order valence-electron chi connectivity index (χ2n) is 6.63. The van der Waals surface area contributed by atoms with E-state index in [2.05, 4.69) is 20.8 Å². The van der Waals surface area contributed by atoms with Crippen LogP contribution >= 0.6 is 34.7 Å². The number of nitrogens with two attached hydrogens (primary N) is 1. The molecule has 0 aliphatic heterocycles. The normalized spacial score (nSPS) is 11.7. The van der Waals surface area contributed by atoms with Gasteiger partial charge in [0.1, 0.15) is 0 Å². The number of nitrogens with zero attached hydrogens (tertiary/aromatic N) is 2. The van der Waals surface area contributed by atoms with Crippen molar-refractivity contribution in [2.45, 2.75) is 30.4 Å². The number of halogens is 1. The van der Waals surface area contributed by atoms with Crippen LogP contribution in [0.2, 0.25) is 5.02 Å². The second kappa shape index (κ2) is 9.46. The van der Waals surface area contributed by atoms with Crippen LogP contribution in [-0.2, 0) is 4.79 Å². The van der Waals surface area contributed by atoms with E-state index in [1.54, 1.807) is 31.2 Å². The molecule has 1 aromatic heterocycles. The van der Waals surface area contributed by atoms with E-state index in [9.17, 15) is 9.59 Å². The lowest BCUT2D eigenvalue weighted by Gasteiger charge is -2.10. The molecule has 0 bridgehead atoms. The molecule has 2 amide bonds. The van der Waals surface area contributed by atoms with Crippen molar-refractivity contribution in [2.24, 2.45) is 5.73 Å². The molecule has 1 unspecified atom stereocenters. The van der Waals surface area contributed by atoms with Crippen molar-refractivity contribution >= 4 is 63.0 Å². The van der Waals surface area contributed by atoms with Gasteiger partial charge < -0.3 is 16.4 Å². The summed E-state index contributed by atoms with van der Waals surface area (Å²) in [6.45, 7) is 5.74. The topological polar surface area (TPSA) is 110 Å². The lowest BCUT2D eigenvalue weighted by atomic mass is 10.1. The molecule has 3 aromatic rings. The Morgan fingerprint density at radius 3 is 2.50 bits per heavy atom. The summed E-state index contributed by atoms with van der Waals surface area (Å²) in [4.78, 5) is 23.6. The van der Waals surface area contributed by atoms with E-state index in [1.807, 2.05) is 26.0 Å². The van der Waals surface area contributed by atoms with Gasteiger partial charge in [0, 0.05) is 11.3 Å². The molecule has 0 fully saturated rings. The molecule has 4 N–H and O–H groups in total. The molecule has 30 heavy (non-hydrogen) atoms. The Kier molecular flexibility index (Phi) is 6.96. The minimum Gasteiger partial charge on any atom is -0.366 e. The van der Waals surface area contributed by atoms with Gasteiger partial charge in [-0.2, -0.15) is 0 Å². The summed E-state index contributed by atoms with van der Waals surface area (Å²) < 4.78 is 0.658. The second-order valence-corrected chi connectivity index (χ2v) is 9.60. The molecule has 3 rings (SSSR count). The summed E-state index contributed by atoms with van der Waals surface area (Å²) in [6, 6.07) is 10.3. The van der Waals surface area contributed by atoms with Gasteiger partial charge in [0.25, 0.3) is 0 Å². The van der Waals surface area contributed by atoms with Crippen molar-refractivity contribution in [2.75, 3.05) is 10.6 Å². The smallest absolute Gasteiger partial charge is 0.248 e. The molecule has 0 radical (unpaired) electrons. The average Bonchev–Trinajstić information content (AvgIpc) is 3.12. The number of benzene rings is 2. The summed E-state index contributed by atoms with van der Waals surface area (Å²) in [5, 5.41) is 15.1. The van der Waals surface area contributed by atoms with Gasteiger partial charge in [-0.15, -0.1) is 10.2 Å². The van der Waals surface area contributed by atoms with Crippen molar-refractivity contribution in [1.29, 1.82) is 0 Å². The fraction of sp³-hybridized carbons (Fsp3) is 0.200. The lowest BCUT2D eigenvalue weighted by molar-refractivity contribution is -0.115. The van der Waals surface area contributed by atoms with Crippen LogP contribution in [0.25, 0.3) is 0 Å². The van der Waals surface area contributed by atoms with E-state index in [4.69, 9.17) is 17.3 Å². The van der Waals surface area contributed by atoms with Crippen molar-refractivity contribution < 1.29 is 9.59 Å². The highest BCUT2D eigenvalue weighted by Gasteiger charge is 2.18. The van der Waals surface area contributed by atoms with Crippen LogP contribution in [0.15, 0.2) is 40.7 Å². The Labute approximate surface area is 187 Å². The monoisotopic (exact) mass is 461 g/mol. The minimum absolute atomic E-state index is 0.186. The number of anilines is 3. The average molecular weight is 462 g/mol. The van der Waals surface area contributed by atoms with E-state index in [0.717, 1.165) is 16.8 Å². The summed E-state index contributed by atoms with van der Waals surface area (Å²) in [7, 11) is 0. The number of nitrogens with one attached hydrogen (secondary N) is 2. The van der Waals surface area contributed by atoms with Gasteiger partial charge in [-0.3, -0.25) is 9.59 Å². The third kappa shape index (κ3) is 5.50. The van der Waals surface area contributed by atoms with Gasteiger partial charge in [0.05, 0.1) is 16.0 Å². The van der Waals surface area contributed by atoms with Crippen molar-refractivity contribution in [3.05, 3.63) is 58.1 Å². The van der Waals surface area contributed by atoms with E-state index < -0.39 is 11.2 Å². The molecule has 0 aliphatic rings. The van der Waals surface area contributed by atoms with Gasteiger partial charge in [-0.05, 0) is 62.2 Å². The molecule has 1 atom stereocenters. The number of thioether (sulfide) groups is 1. The number of primary amides is 1. The predicted molar refractivity (Wildman–Crippen MR) is 123 cm³/mol. The van der Waals surface area contributed by atoms with Gasteiger partial charge >= 0.3 is 0 Å². The largest absolute Gasteiger partial charge is 0.366 e. The molecule has 10 heteroatoms. The van der Waals surface area contributed by atoms with Crippen LogP contribution in [0.1, 0.15) is 28.4 Å². The number of carbonyl (C=O) groups is 2. The van der Waals surface area contributed by atoms with E-state index >= 15 is 0 Å². The molecule has 2 aromatic carbocycles. The number of amides is 2. The summed E-state index contributed by atoms with van der Waals surface area (Å²) >= 11 is 8.98. The van der Waals surface area contributed by atoms with Crippen LogP contribution in [0.5, 0.6) is 0 Å². The van der Waals surface area contributed by atoms with Crippen LogP contribution in [0.3, 0.4) is 0 Å². The Morgan fingerprint density at radius 1 is 1.17 bits per heavy atom. The Bertz CT molecular complexity index is 1060. The zero-order valence-corrected chi connectivity index (χ0v) is 18.9. The first-order chi connectivity index (χ1) is 14.2. The summed E-state index contributed by atoms with van der Waals surface area (Å²) in [6.07, 6.45) is 0. The van der Waals surface area contributed by atoms with Crippen molar-refractivity contribution in [3.8, 4) is 0 Å². The molecule has 156 valence electrons. The van der Waals surface area contributed by atoms with Gasteiger partial charge in [-0.1, -0.05) is 40.8 Å². The fourth-order valence-electron chi connectivity index (χ4n) is 2.66. The fourth-order valence-corrected chi connectivity index (χ4v) is 4.92. The number of hydrogen-bond acceptors (Lipinski definition) is 7. The lowest BCUT2D eigenvalue weighted by Crippen LogP contribution is -2.22. The van der Waals surface area contributed by atoms with E-state index in [1.165, 1.54) is 23.1 Å². The van der Waals surface area contributed by atoms with Crippen LogP contribution in [0.4, 0.5) is 16.5 Å². The Balaban J connectivity index is 1.61. The number of hydrogen-bond donors (Lipinski definition) is 3. The number of aromatic nitrogens is 2. The van der Waals surface area contributed by atoms with Gasteiger partial charge in [-0.25, -0.2) is 0 Å². The third-order valence-corrected chi connectivity index (χ3v) is 6.47. The quantitative estimate of drug-likeness (QED) is 0.437. The highest BCUT2D eigenvalue weighted by Crippen LogP contribution is 2.34. The molecular weight excluding hydrogens is 442 g/mol. The number of rotatable bonds is 7. The molecule has 7 nitrogen and oxygen atoms in total. The molecule has 0 spiro atoms. The molecule has 0 saturated carbocycles. The van der Waals surface area contributed by atoms with Gasteiger partial charge in [0.15, 0.2) is 4.34 Å². The standard InChI is InChI=1S/C20H20ClN5O2S2/c1-10-8-11(2)16(15(21)9-10)24-19-25-26-20(30-19)29-12(3)18(28)23-14-6-4-13(5-7-14)17(22)27/h4-9,12H,1-3H3,(H2,22,27)(H,23,28)(H,24,25). The Morgan fingerprint density at radius 2 is 1.87 bits per heavy atom. The number of aryl methyl sites for hydroxylation is 2. The highest BCUT2D eigenvalue weighted by atomic mass is 35.5. The SMILES string of the molecule is Cc1cc(C)c(Nc2nnc(SC(C)C(=O)Nc3ccc(C(N)=O)cc3)s2)c(Cl)c1. The van der Waals surface area contributed by atoms with Crippen LogP contribution in [-0.4, -0.2) is 27.3 Å². The first-order valence-corrected chi connectivity index (χ1v) is 11.0. The molecule has 0 aliphatic carbocycles. The first-order valence-electron chi connectivity index (χ1n) is 8.97. The van der Waals surface area contributed by atoms with E-state index in [0.29, 0.717) is 25.7 Å². The minimum atomic E-state index is -0.514. The molecular formula is C20H20ClN5O2S2. The maximum atomic E-state index is 12.5. The van der Waals surface area contributed by atoms with Gasteiger partial charge in [0.2, 0.25) is 16.9 Å². The number of carbonyl (C=O) groups excluding carboxylic acids is 2. The summed E-state index contributed by atoms with van der Waals surface area (Å²) in [5.74, 6) is -0.700. The van der Waals surface area contributed by atoms with Crippen molar-refractivity contribution in [1.82, 2.24) is 10.2 Å². The maximum Gasteiger partial charge on any atom is 0.248 e. The maximum absolute atomic E-state index is 12.5.